The van der Waals surface area contributed by atoms with Crippen LogP contribution in [-0.4, -0.2) is 31.7 Å². The van der Waals surface area contributed by atoms with Gasteiger partial charge in [0.1, 0.15) is 5.69 Å². The maximum absolute atomic E-state index is 12.8. The number of aromatic amines is 1. The number of rotatable bonds is 3. The number of aromatic nitrogens is 4. The van der Waals surface area contributed by atoms with Crippen molar-refractivity contribution in [3.8, 4) is 11.3 Å². The van der Waals surface area contributed by atoms with Gasteiger partial charge in [0.15, 0.2) is 5.69 Å². The van der Waals surface area contributed by atoms with E-state index in [4.69, 9.17) is 0 Å². The lowest BCUT2D eigenvalue weighted by molar-refractivity contribution is 0.0941. The normalized spacial score (nSPS) is 10.9. The van der Waals surface area contributed by atoms with Gasteiger partial charge in [0.2, 0.25) is 11.7 Å². The van der Waals surface area contributed by atoms with Crippen LogP contribution in [0.1, 0.15) is 27.8 Å². The predicted octanol–water partition coefficient (Wildman–Crippen LogP) is 3.32. The molecule has 4 aromatic rings. The number of nitrogens with zero attached hydrogens (tertiary/aromatic N) is 3. The number of carbonyl (C=O) groups is 2. The monoisotopic (exact) mass is 330 g/mol. The number of hydrogen-bond donors (Lipinski definition) is 1. The zero-order chi connectivity index (χ0) is 17.4. The molecule has 0 amide bonds. The molecular weight excluding hydrogens is 316 g/mol. The van der Waals surface area contributed by atoms with Crippen LogP contribution in [0.4, 0.5) is 0 Å². The second kappa shape index (κ2) is 5.83. The summed E-state index contributed by atoms with van der Waals surface area (Å²) in [6.07, 6.45) is 1.70. The number of para-hydroxylation sites is 1. The first kappa shape index (κ1) is 15.0. The number of H-pyrrole nitrogens is 1. The average molecular weight is 330 g/mol. The van der Waals surface area contributed by atoms with Crippen LogP contribution in [0.25, 0.3) is 22.2 Å². The molecule has 2 heterocycles. The molecule has 0 bridgehead atoms. The van der Waals surface area contributed by atoms with Crippen LogP contribution in [0, 0.1) is 0 Å². The minimum Gasteiger partial charge on any atom is -0.287 e. The molecule has 122 valence electrons. The van der Waals surface area contributed by atoms with Crippen molar-refractivity contribution in [1.82, 2.24) is 20.0 Å². The zero-order valence-electron chi connectivity index (χ0n) is 13.4. The third kappa shape index (κ3) is 2.44. The summed E-state index contributed by atoms with van der Waals surface area (Å²) in [5.74, 6) is -0.328. The number of hydrogen-bond acceptors (Lipinski definition) is 4. The fourth-order valence-electron chi connectivity index (χ4n) is 2.93. The Balaban J connectivity index is 1.91. The summed E-state index contributed by atoms with van der Waals surface area (Å²) in [6.45, 7) is 1.50. The summed E-state index contributed by atoms with van der Waals surface area (Å²) < 4.78 is 1.55. The number of nitrogens with one attached hydrogen (secondary N) is 1. The van der Waals surface area contributed by atoms with Crippen LogP contribution < -0.4 is 0 Å². The van der Waals surface area contributed by atoms with Crippen LogP contribution in [0.2, 0.25) is 0 Å². The van der Waals surface area contributed by atoms with Gasteiger partial charge in [-0.3, -0.25) is 14.2 Å². The molecule has 25 heavy (non-hydrogen) atoms. The van der Waals surface area contributed by atoms with Crippen LogP contribution in [0.3, 0.4) is 0 Å². The second-order valence-electron chi connectivity index (χ2n) is 5.66. The van der Waals surface area contributed by atoms with Crippen molar-refractivity contribution in [2.75, 3.05) is 0 Å². The van der Waals surface area contributed by atoms with Gasteiger partial charge in [0.25, 0.3) is 0 Å². The van der Waals surface area contributed by atoms with E-state index in [-0.39, 0.29) is 17.4 Å². The summed E-state index contributed by atoms with van der Waals surface area (Å²) in [4.78, 5) is 24.7. The van der Waals surface area contributed by atoms with Crippen LogP contribution >= 0.6 is 0 Å². The average Bonchev–Trinajstić information content (AvgIpc) is 3.26. The van der Waals surface area contributed by atoms with E-state index in [1.54, 1.807) is 35.0 Å². The standard InChI is InChI=1S/C19H14N4O2/c1-12(24)23-11-15(14-9-5-6-10-16(14)23)17-18(21-22-20-17)19(25)13-7-3-2-4-8-13/h2-11H,1H3,(H,20,21,22). The molecule has 0 saturated heterocycles. The number of benzene rings is 2. The van der Waals surface area contributed by atoms with Gasteiger partial charge in [-0.25, -0.2) is 0 Å². The molecule has 2 aromatic carbocycles. The molecule has 0 spiro atoms. The Morgan fingerprint density at radius 1 is 0.960 bits per heavy atom. The third-order valence-electron chi connectivity index (χ3n) is 4.11. The second-order valence-corrected chi connectivity index (χ2v) is 5.66. The number of fused-ring (bicyclic) bond motifs is 1. The van der Waals surface area contributed by atoms with Crippen molar-refractivity contribution in [2.24, 2.45) is 0 Å². The van der Waals surface area contributed by atoms with Crippen molar-refractivity contribution in [3.05, 3.63) is 72.1 Å². The fraction of sp³-hybridized carbons (Fsp3) is 0.0526. The Morgan fingerprint density at radius 2 is 1.68 bits per heavy atom. The van der Waals surface area contributed by atoms with Crippen LogP contribution in [0.15, 0.2) is 60.8 Å². The Bertz CT molecular complexity index is 1090. The Kier molecular flexibility index (Phi) is 3.50. The molecular formula is C19H14N4O2. The van der Waals surface area contributed by atoms with Gasteiger partial charge >= 0.3 is 0 Å². The highest BCUT2D eigenvalue weighted by atomic mass is 16.1. The molecule has 0 aliphatic heterocycles. The third-order valence-corrected chi connectivity index (χ3v) is 4.11. The lowest BCUT2D eigenvalue weighted by Gasteiger charge is -2.00. The highest BCUT2D eigenvalue weighted by molar-refractivity contribution is 6.13. The smallest absolute Gasteiger partial charge is 0.227 e. The summed E-state index contributed by atoms with van der Waals surface area (Å²) in [6, 6.07) is 16.4. The molecule has 2 aromatic heterocycles. The molecule has 0 atom stereocenters. The minimum absolute atomic E-state index is 0.109. The lowest BCUT2D eigenvalue weighted by atomic mass is 10.0. The Labute approximate surface area is 143 Å². The first-order valence-corrected chi connectivity index (χ1v) is 7.78. The van der Waals surface area contributed by atoms with Crippen molar-refractivity contribution in [2.45, 2.75) is 6.92 Å². The van der Waals surface area contributed by atoms with Crippen molar-refractivity contribution >= 4 is 22.6 Å². The first-order valence-electron chi connectivity index (χ1n) is 7.78. The molecule has 0 saturated carbocycles. The SMILES string of the molecule is CC(=O)n1cc(-c2n[nH]nc2C(=O)c2ccccc2)c2ccccc21. The van der Waals surface area contributed by atoms with E-state index in [1.165, 1.54) is 6.92 Å². The zero-order valence-corrected chi connectivity index (χ0v) is 13.4. The lowest BCUT2D eigenvalue weighted by Crippen LogP contribution is -2.04. The summed E-state index contributed by atoms with van der Waals surface area (Å²) in [7, 11) is 0. The number of carbonyl (C=O) groups excluding carboxylic acids is 2. The van der Waals surface area contributed by atoms with Crippen molar-refractivity contribution in [1.29, 1.82) is 0 Å². The first-order chi connectivity index (χ1) is 12.2. The van der Waals surface area contributed by atoms with Gasteiger partial charge in [-0.05, 0) is 6.07 Å². The molecule has 0 unspecified atom stereocenters. The van der Waals surface area contributed by atoms with Crippen molar-refractivity contribution < 1.29 is 9.59 Å². The van der Waals surface area contributed by atoms with E-state index in [9.17, 15) is 9.59 Å². The van der Waals surface area contributed by atoms with Gasteiger partial charge in [0, 0.05) is 29.6 Å². The maximum atomic E-state index is 12.8. The van der Waals surface area contributed by atoms with E-state index in [0.717, 1.165) is 10.9 Å². The molecule has 1 N–H and O–H groups in total. The maximum Gasteiger partial charge on any atom is 0.227 e. The van der Waals surface area contributed by atoms with Gasteiger partial charge in [0.05, 0.1) is 5.52 Å². The molecule has 0 fully saturated rings. The van der Waals surface area contributed by atoms with Crippen LogP contribution in [-0.2, 0) is 0 Å². The van der Waals surface area contributed by atoms with Crippen LogP contribution in [0.5, 0.6) is 0 Å². The Hall–Kier alpha value is -3.54. The van der Waals surface area contributed by atoms with Gasteiger partial charge in [-0.1, -0.05) is 48.5 Å². The van der Waals surface area contributed by atoms with E-state index in [1.807, 2.05) is 30.3 Å². The minimum atomic E-state index is -0.219. The molecule has 6 nitrogen and oxygen atoms in total. The quantitative estimate of drug-likeness (QED) is 0.584. The molecule has 0 aliphatic rings. The van der Waals surface area contributed by atoms with E-state index in [2.05, 4.69) is 15.4 Å². The van der Waals surface area contributed by atoms with E-state index in [0.29, 0.717) is 16.8 Å². The van der Waals surface area contributed by atoms with Crippen molar-refractivity contribution in [3.63, 3.8) is 0 Å². The number of ketones is 1. The predicted molar refractivity (Wildman–Crippen MR) is 93.5 cm³/mol. The van der Waals surface area contributed by atoms with Gasteiger partial charge in [-0.15, -0.1) is 0 Å². The van der Waals surface area contributed by atoms with E-state index < -0.39 is 0 Å². The van der Waals surface area contributed by atoms with Gasteiger partial charge in [-0.2, -0.15) is 15.4 Å². The van der Waals surface area contributed by atoms with E-state index >= 15 is 0 Å². The molecule has 0 radical (unpaired) electrons. The fourth-order valence-corrected chi connectivity index (χ4v) is 2.93. The Morgan fingerprint density at radius 3 is 2.44 bits per heavy atom. The summed E-state index contributed by atoms with van der Waals surface area (Å²) in [5, 5.41) is 11.6. The topological polar surface area (TPSA) is 80.6 Å². The molecule has 6 heteroatoms. The molecule has 4 rings (SSSR count). The summed E-state index contributed by atoms with van der Waals surface area (Å²) in [5.41, 5.74) is 2.67. The highest BCUT2D eigenvalue weighted by Gasteiger charge is 2.23. The van der Waals surface area contributed by atoms with Gasteiger partial charge < -0.3 is 0 Å². The highest BCUT2D eigenvalue weighted by Crippen LogP contribution is 2.31. The summed E-state index contributed by atoms with van der Waals surface area (Å²) >= 11 is 0. The largest absolute Gasteiger partial charge is 0.287 e. The molecule has 0 aliphatic carbocycles.